The molecule has 0 aliphatic rings. The lowest BCUT2D eigenvalue weighted by atomic mass is 10.1. The Morgan fingerprint density at radius 1 is 1.12 bits per heavy atom. The molecular formula is C20H28N2O3. The number of carbonyl (C=O) groups excluding carboxylic acids is 1. The number of amides is 1. The molecule has 0 saturated carbocycles. The van der Waals surface area contributed by atoms with Gasteiger partial charge in [0.05, 0.1) is 19.8 Å². The van der Waals surface area contributed by atoms with E-state index in [2.05, 4.69) is 23.7 Å². The van der Waals surface area contributed by atoms with Crippen molar-refractivity contribution in [3.05, 3.63) is 46.8 Å². The molecule has 5 heteroatoms. The van der Waals surface area contributed by atoms with Crippen LogP contribution in [0.25, 0.3) is 0 Å². The predicted octanol–water partition coefficient (Wildman–Crippen LogP) is 3.68. The highest BCUT2D eigenvalue weighted by atomic mass is 16.5. The van der Waals surface area contributed by atoms with Crippen LogP contribution in [0.3, 0.4) is 0 Å². The van der Waals surface area contributed by atoms with Crippen LogP contribution in [0.1, 0.15) is 47.2 Å². The molecule has 0 fully saturated rings. The maximum Gasteiger partial charge on any atom is 0.253 e. The summed E-state index contributed by atoms with van der Waals surface area (Å²) < 4.78 is 12.7. The number of rotatable bonds is 7. The summed E-state index contributed by atoms with van der Waals surface area (Å²) in [6.45, 7) is 8.85. The van der Waals surface area contributed by atoms with Gasteiger partial charge in [-0.05, 0) is 57.9 Å². The lowest BCUT2D eigenvalue weighted by molar-refractivity contribution is 0.0953. The van der Waals surface area contributed by atoms with Crippen molar-refractivity contribution in [1.29, 1.82) is 0 Å². The Hall–Kier alpha value is -2.43. The molecule has 0 aliphatic heterocycles. The van der Waals surface area contributed by atoms with Gasteiger partial charge < -0.3 is 19.4 Å². The minimum atomic E-state index is -0.0273. The molecule has 25 heavy (non-hydrogen) atoms. The lowest BCUT2D eigenvalue weighted by Gasteiger charge is -2.13. The molecule has 1 heterocycles. The van der Waals surface area contributed by atoms with Gasteiger partial charge >= 0.3 is 0 Å². The zero-order chi connectivity index (χ0) is 18.6. The van der Waals surface area contributed by atoms with Crippen LogP contribution in [-0.4, -0.2) is 31.2 Å². The smallest absolute Gasteiger partial charge is 0.253 e. The molecule has 0 bridgehead atoms. The first-order valence-electron chi connectivity index (χ1n) is 8.56. The Morgan fingerprint density at radius 3 is 2.36 bits per heavy atom. The fraction of sp³-hybridized carbons (Fsp3) is 0.450. The highest BCUT2D eigenvalue weighted by Gasteiger charge is 2.16. The van der Waals surface area contributed by atoms with Gasteiger partial charge in [-0.1, -0.05) is 6.07 Å². The van der Waals surface area contributed by atoms with E-state index in [1.807, 2.05) is 38.1 Å². The Morgan fingerprint density at radius 2 is 1.80 bits per heavy atom. The predicted molar refractivity (Wildman–Crippen MR) is 99.9 cm³/mol. The second-order valence-corrected chi connectivity index (χ2v) is 6.44. The second-order valence-electron chi connectivity index (χ2n) is 6.44. The van der Waals surface area contributed by atoms with E-state index in [0.29, 0.717) is 24.1 Å². The van der Waals surface area contributed by atoms with Crippen molar-refractivity contribution < 1.29 is 14.3 Å². The number of nitrogens with one attached hydrogen (secondary N) is 1. The molecule has 0 saturated heterocycles. The largest absolute Gasteiger partial charge is 0.493 e. The van der Waals surface area contributed by atoms with E-state index in [-0.39, 0.29) is 5.91 Å². The van der Waals surface area contributed by atoms with Crippen LogP contribution in [0.15, 0.2) is 24.3 Å². The molecule has 136 valence electrons. The highest BCUT2D eigenvalue weighted by molar-refractivity contribution is 5.95. The standard InChI is InChI=1S/C20H28N2O3/c1-13(2)22-14(3)11-17(15(22)4)20(23)21-10-9-16-7-8-18(24-5)19(12-16)25-6/h7-8,11-13H,9-10H2,1-6H3,(H,21,23). The minimum absolute atomic E-state index is 0.0273. The van der Waals surface area contributed by atoms with Crippen molar-refractivity contribution >= 4 is 5.91 Å². The van der Waals surface area contributed by atoms with E-state index >= 15 is 0 Å². The summed E-state index contributed by atoms with van der Waals surface area (Å²) in [4.78, 5) is 12.5. The molecular weight excluding hydrogens is 316 g/mol. The monoisotopic (exact) mass is 344 g/mol. The first-order chi connectivity index (χ1) is 11.9. The number of benzene rings is 1. The van der Waals surface area contributed by atoms with Crippen LogP contribution in [0.2, 0.25) is 0 Å². The average Bonchev–Trinajstić information content (AvgIpc) is 2.89. The molecule has 0 spiro atoms. The van der Waals surface area contributed by atoms with Crippen LogP contribution in [0.4, 0.5) is 0 Å². The third kappa shape index (κ3) is 4.16. The van der Waals surface area contributed by atoms with Gasteiger partial charge in [0, 0.05) is 24.0 Å². The van der Waals surface area contributed by atoms with Gasteiger partial charge in [-0.15, -0.1) is 0 Å². The Kier molecular flexibility index (Phi) is 6.12. The molecule has 0 unspecified atom stereocenters. The van der Waals surface area contributed by atoms with E-state index in [9.17, 15) is 4.79 Å². The number of aromatic nitrogens is 1. The van der Waals surface area contributed by atoms with Crippen LogP contribution >= 0.6 is 0 Å². The summed E-state index contributed by atoms with van der Waals surface area (Å²) in [5.74, 6) is 1.38. The molecule has 2 rings (SSSR count). The molecule has 5 nitrogen and oxygen atoms in total. The molecule has 0 radical (unpaired) electrons. The van der Waals surface area contributed by atoms with E-state index in [0.717, 1.165) is 28.9 Å². The molecule has 1 N–H and O–H groups in total. The first-order valence-corrected chi connectivity index (χ1v) is 8.56. The normalized spacial score (nSPS) is 10.8. The summed E-state index contributed by atoms with van der Waals surface area (Å²) in [6, 6.07) is 8.11. The minimum Gasteiger partial charge on any atom is -0.493 e. The molecule has 0 atom stereocenters. The molecule has 1 amide bonds. The Labute approximate surface area is 149 Å². The molecule has 1 aromatic carbocycles. The number of hydrogen-bond donors (Lipinski definition) is 1. The van der Waals surface area contributed by atoms with Gasteiger partial charge in [-0.3, -0.25) is 4.79 Å². The van der Waals surface area contributed by atoms with Crippen molar-refractivity contribution in [2.75, 3.05) is 20.8 Å². The third-order valence-electron chi connectivity index (χ3n) is 4.39. The number of carbonyl (C=O) groups is 1. The Bertz CT molecular complexity index is 748. The van der Waals surface area contributed by atoms with Crippen molar-refractivity contribution in [2.24, 2.45) is 0 Å². The molecule has 1 aromatic heterocycles. The zero-order valence-corrected chi connectivity index (χ0v) is 16.0. The average molecular weight is 344 g/mol. The zero-order valence-electron chi connectivity index (χ0n) is 16.0. The van der Waals surface area contributed by atoms with Gasteiger partial charge in [0.1, 0.15) is 0 Å². The van der Waals surface area contributed by atoms with Crippen LogP contribution in [-0.2, 0) is 6.42 Å². The van der Waals surface area contributed by atoms with Crippen LogP contribution < -0.4 is 14.8 Å². The second kappa shape index (κ2) is 8.10. The number of methoxy groups -OCH3 is 2. The Balaban J connectivity index is 2.01. The highest BCUT2D eigenvalue weighted by Crippen LogP contribution is 2.27. The molecule has 0 aliphatic carbocycles. The third-order valence-corrected chi connectivity index (χ3v) is 4.39. The van der Waals surface area contributed by atoms with Crippen molar-refractivity contribution in [3.63, 3.8) is 0 Å². The van der Waals surface area contributed by atoms with Gasteiger partial charge in [0.25, 0.3) is 5.91 Å². The van der Waals surface area contributed by atoms with Crippen molar-refractivity contribution in [2.45, 2.75) is 40.2 Å². The van der Waals surface area contributed by atoms with Gasteiger partial charge in [0.15, 0.2) is 11.5 Å². The number of ether oxygens (including phenoxy) is 2. The topological polar surface area (TPSA) is 52.5 Å². The van der Waals surface area contributed by atoms with Crippen molar-refractivity contribution in [1.82, 2.24) is 9.88 Å². The summed E-state index contributed by atoms with van der Waals surface area (Å²) in [7, 11) is 3.24. The first kappa shape index (κ1) is 18.9. The maximum atomic E-state index is 12.5. The quantitative estimate of drug-likeness (QED) is 0.834. The lowest BCUT2D eigenvalue weighted by Crippen LogP contribution is -2.26. The summed E-state index contributed by atoms with van der Waals surface area (Å²) >= 11 is 0. The van der Waals surface area contributed by atoms with E-state index in [1.54, 1.807) is 14.2 Å². The van der Waals surface area contributed by atoms with Gasteiger partial charge in [0.2, 0.25) is 0 Å². The van der Waals surface area contributed by atoms with Gasteiger partial charge in [-0.2, -0.15) is 0 Å². The summed E-state index contributed by atoms with van der Waals surface area (Å²) in [5.41, 5.74) is 3.96. The maximum absolute atomic E-state index is 12.5. The van der Waals surface area contributed by atoms with E-state index in [4.69, 9.17) is 9.47 Å². The summed E-state index contributed by atoms with van der Waals surface area (Å²) in [5, 5.41) is 3.01. The fourth-order valence-corrected chi connectivity index (χ4v) is 3.25. The van der Waals surface area contributed by atoms with Crippen molar-refractivity contribution in [3.8, 4) is 11.5 Å². The number of hydrogen-bond acceptors (Lipinski definition) is 3. The number of aryl methyl sites for hydroxylation is 1. The van der Waals surface area contributed by atoms with Gasteiger partial charge in [-0.25, -0.2) is 0 Å². The van der Waals surface area contributed by atoms with E-state index in [1.165, 1.54) is 0 Å². The van der Waals surface area contributed by atoms with E-state index < -0.39 is 0 Å². The van der Waals surface area contributed by atoms with Crippen LogP contribution in [0, 0.1) is 13.8 Å². The molecule has 2 aromatic rings. The number of nitrogens with zero attached hydrogens (tertiary/aromatic N) is 1. The fourth-order valence-electron chi connectivity index (χ4n) is 3.25. The SMILES string of the molecule is COc1ccc(CCNC(=O)c2cc(C)n(C(C)C)c2C)cc1OC. The van der Waals surface area contributed by atoms with Crippen LogP contribution in [0.5, 0.6) is 11.5 Å². The summed E-state index contributed by atoms with van der Waals surface area (Å²) in [6.07, 6.45) is 0.731.